The number of hydrogen-bond donors (Lipinski definition) is 1. The molecule has 0 fully saturated rings. The van der Waals surface area contributed by atoms with Gasteiger partial charge in [0.15, 0.2) is 5.84 Å². The summed E-state index contributed by atoms with van der Waals surface area (Å²) in [4.78, 5) is 13.7. The van der Waals surface area contributed by atoms with Gasteiger partial charge in [0.05, 0.1) is 17.3 Å². The molecule has 3 aromatic rings. The van der Waals surface area contributed by atoms with E-state index in [1.807, 2.05) is 6.07 Å². The molecule has 34 heavy (non-hydrogen) atoms. The van der Waals surface area contributed by atoms with E-state index in [4.69, 9.17) is 11.0 Å². The fourth-order valence-electron chi connectivity index (χ4n) is 2.95. The number of urea groups is 1. The Morgan fingerprint density at radius 2 is 1.65 bits per heavy atom. The summed E-state index contributed by atoms with van der Waals surface area (Å²) in [5.41, 5.74) is 6.79. The Balaban J connectivity index is 2.06. The number of amides is 2. The van der Waals surface area contributed by atoms with Crippen LogP contribution in [0.15, 0.2) is 77.9 Å². The number of nitriles is 1. The number of halogens is 4. The number of carbonyl (C=O) groups is 1. The van der Waals surface area contributed by atoms with Gasteiger partial charge < -0.3 is 15.4 Å². The molecule has 174 valence electrons. The van der Waals surface area contributed by atoms with Crippen molar-refractivity contribution in [3.8, 4) is 11.8 Å². The van der Waals surface area contributed by atoms with Gasteiger partial charge in [0.25, 0.3) is 0 Å². The maximum atomic E-state index is 14.0. The summed E-state index contributed by atoms with van der Waals surface area (Å²) in [7, 11) is 1.60. The molecule has 3 aromatic carbocycles. The number of alkyl halides is 3. The molecule has 0 saturated heterocycles. The first-order chi connectivity index (χ1) is 16.1. The van der Waals surface area contributed by atoms with Gasteiger partial charge in [0, 0.05) is 18.3 Å². The van der Waals surface area contributed by atoms with Gasteiger partial charge in [-0.15, -0.1) is 18.3 Å². The monoisotopic (exact) mass is 471 g/mol. The molecule has 0 atom stereocenters. The van der Waals surface area contributed by atoms with Gasteiger partial charge in [0.1, 0.15) is 11.6 Å². The lowest BCUT2D eigenvalue weighted by atomic mass is 10.1. The second-order valence-corrected chi connectivity index (χ2v) is 6.84. The minimum Gasteiger partial charge on any atom is -0.406 e. The number of ether oxygens (including phenoxy) is 1. The Kier molecular flexibility index (Phi) is 7.01. The number of anilines is 2. The second-order valence-electron chi connectivity index (χ2n) is 6.84. The van der Waals surface area contributed by atoms with Crippen molar-refractivity contribution in [2.45, 2.75) is 6.36 Å². The van der Waals surface area contributed by atoms with Gasteiger partial charge in [-0.25, -0.2) is 9.18 Å². The summed E-state index contributed by atoms with van der Waals surface area (Å²) in [6, 6.07) is 17.1. The zero-order valence-electron chi connectivity index (χ0n) is 17.6. The third-order valence-electron chi connectivity index (χ3n) is 4.50. The summed E-state index contributed by atoms with van der Waals surface area (Å²) >= 11 is 0. The number of amidine groups is 1. The van der Waals surface area contributed by atoms with Crippen molar-refractivity contribution in [1.29, 1.82) is 5.26 Å². The minimum absolute atomic E-state index is 0.0455. The van der Waals surface area contributed by atoms with Crippen molar-refractivity contribution in [3.63, 3.8) is 0 Å². The van der Waals surface area contributed by atoms with E-state index in [0.717, 1.165) is 17.1 Å². The first-order valence-electron chi connectivity index (χ1n) is 9.61. The number of nitrogens with zero attached hydrogens (tertiary/aromatic N) is 4. The lowest BCUT2D eigenvalue weighted by molar-refractivity contribution is -0.274. The molecule has 0 bridgehead atoms. The molecule has 0 spiro atoms. The maximum absolute atomic E-state index is 14.0. The highest BCUT2D eigenvalue weighted by atomic mass is 19.4. The molecule has 0 aliphatic heterocycles. The zero-order chi connectivity index (χ0) is 24.9. The molecule has 0 unspecified atom stereocenters. The molecule has 0 aliphatic carbocycles. The molecular formula is C23H17F4N5O2. The van der Waals surface area contributed by atoms with E-state index in [1.54, 1.807) is 37.4 Å². The van der Waals surface area contributed by atoms with Crippen molar-refractivity contribution in [2.75, 3.05) is 17.0 Å². The number of nitrogens with two attached hydrogens (primary N) is 1. The van der Waals surface area contributed by atoms with Gasteiger partial charge in [0.2, 0.25) is 0 Å². The van der Waals surface area contributed by atoms with Crippen LogP contribution < -0.4 is 20.4 Å². The first kappa shape index (κ1) is 24.1. The van der Waals surface area contributed by atoms with Gasteiger partial charge in [-0.05, 0) is 60.7 Å². The number of benzene rings is 3. The third kappa shape index (κ3) is 6.01. The average Bonchev–Trinajstić information content (AvgIpc) is 2.79. The van der Waals surface area contributed by atoms with Crippen LogP contribution in [0, 0.1) is 17.1 Å². The minimum atomic E-state index is -4.88. The van der Waals surface area contributed by atoms with Crippen molar-refractivity contribution in [2.24, 2.45) is 10.8 Å². The number of hydrogen-bond acceptors (Lipinski definition) is 4. The average molecular weight is 471 g/mol. The molecule has 2 amide bonds. The summed E-state index contributed by atoms with van der Waals surface area (Å²) in [6.45, 7) is 0. The summed E-state index contributed by atoms with van der Waals surface area (Å²) in [5.74, 6) is -0.957. The molecule has 0 aromatic heterocycles. The number of carbonyl (C=O) groups excluding carboxylic acids is 1. The smallest absolute Gasteiger partial charge is 0.406 e. The lowest BCUT2D eigenvalue weighted by Gasteiger charge is -2.25. The Bertz CT molecular complexity index is 1240. The van der Waals surface area contributed by atoms with Crippen LogP contribution in [-0.4, -0.2) is 25.3 Å². The van der Waals surface area contributed by atoms with Crippen LogP contribution in [0.1, 0.15) is 11.1 Å². The molecule has 11 heteroatoms. The Morgan fingerprint density at radius 3 is 2.18 bits per heavy atom. The Hall–Kier alpha value is -4.59. The SMILES string of the molecule is CN(C(=NN(C(N)=O)c1ccc(OC(F)(F)F)cc1)c1cccc(F)c1)c1ccc(C#N)cc1. The largest absolute Gasteiger partial charge is 0.573 e. The van der Waals surface area contributed by atoms with Crippen molar-refractivity contribution in [1.82, 2.24) is 0 Å². The molecule has 7 nitrogen and oxygen atoms in total. The van der Waals surface area contributed by atoms with E-state index in [9.17, 15) is 22.4 Å². The fraction of sp³-hybridized carbons (Fsp3) is 0.0870. The molecule has 0 saturated carbocycles. The molecule has 0 heterocycles. The van der Waals surface area contributed by atoms with Gasteiger partial charge in [-0.1, -0.05) is 12.1 Å². The van der Waals surface area contributed by atoms with Crippen LogP contribution in [0.5, 0.6) is 5.75 Å². The van der Waals surface area contributed by atoms with Crippen LogP contribution in [0.4, 0.5) is 33.7 Å². The molecule has 0 radical (unpaired) electrons. The molecule has 3 rings (SSSR count). The zero-order valence-corrected chi connectivity index (χ0v) is 17.6. The van der Waals surface area contributed by atoms with Gasteiger partial charge >= 0.3 is 12.4 Å². The maximum Gasteiger partial charge on any atom is 0.573 e. The van der Waals surface area contributed by atoms with Crippen molar-refractivity contribution >= 4 is 23.2 Å². The van der Waals surface area contributed by atoms with Crippen LogP contribution in [0.2, 0.25) is 0 Å². The number of rotatable bonds is 5. The Labute approximate surface area is 191 Å². The van der Waals surface area contributed by atoms with Crippen molar-refractivity contribution < 1.29 is 27.1 Å². The third-order valence-corrected chi connectivity index (χ3v) is 4.50. The summed E-state index contributed by atoms with van der Waals surface area (Å²) < 4.78 is 55.1. The standard InChI is InChI=1S/C23H17F4N5O2/c1-31(18-7-5-15(14-28)6-8-18)21(16-3-2-4-17(24)13-16)30-32(22(29)33)19-9-11-20(12-10-19)34-23(25,26)27/h2-13H,1H3,(H2,29,33). The van der Waals surface area contributed by atoms with Crippen LogP contribution in [-0.2, 0) is 0 Å². The molecule has 2 N–H and O–H groups in total. The highest BCUT2D eigenvalue weighted by molar-refractivity contribution is 6.11. The van der Waals surface area contributed by atoms with Gasteiger partial charge in [-0.3, -0.25) is 0 Å². The van der Waals surface area contributed by atoms with E-state index >= 15 is 0 Å². The van der Waals surface area contributed by atoms with Crippen molar-refractivity contribution in [3.05, 3.63) is 89.7 Å². The quantitative estimate of drug-likeness (QED) is 0.246. The predicted octanol–water partition coefficient (Wildman–Crippen LogP) is 4.98. The van der Waals surface area contributed by atoms with E-state index in [2.05, 4.69) is 9.84 Å². The van der Waals surface area contributed by atoms with E-state index in [1.165, 1.54) is 35.2 Å². The molecular weight excluding hydrogens is 454 g/mol. The number of hydrazone groups is 1. The summed E-state index contributed by atoms with van der Waals surface area (Å²) in [6.07, 6.45) is -4.88. The van der Waals surface area contributed by atoms with Crippen LogP contribution >= 0.6 is 0 Å². The van der Waals surface area contributed by atoms with E-state index in [0.29, 0.717) is 11.3 Å². The van der Waals surface area contributed by atoms with Crippen LogP contribution in [0.25, 0.3) is 0 Å². The van der Waals surface area contributed by atoms with E-state index < -0.39 is 24.0 Å². The normalized spacial score (nSPS) is 11.5. The number of primary amides is 1. The highest BCUT2D eigenvalue weighted by Crippen LogP contribution is 2.26. The highest BCUT2D eigenvalue weighted by Gasteiger charge is 2.31. The first-order valence-corrected chi connectivity index (χ1v) is 9.61. The Morgan fingerprint density at radius 1 is 1.03 bits per heavy atom. The predicted molar refractivity (Wildman–Crippen MR) is 118 cm³/mol. The van der Waals surface area contributed by atoms with E-state index in [-0.39, 0.29) is 17.1 Å². The second kappa shape index (κ2) is 9.91. The summed E-state index contributed by atoms with van der Waals surface area (Å²) in [5, 5.41) is 14.1. The van der Waals surface area contributed by atoms with Crippen LogP contribution in [0.3, 0.4) is 0 Å². The topological polar surface area (TPSA) is 94.9 Å². The lowest BCUT2D eigenvalue weighted by Crippen LogP contribution is -2.36. The molecule has 0 aliphatic rings. The fourth-order valence-corrected chi connectivity index (χ4v) is 2.95. The van der Waals surface area contributed by atoms with Gasteiger partial charge in [-0.2, -0.15) is 10.3 Å².